The number of oxazole rings is 1. The second-order valence-corrected chi connectivity index (χ2v) is 4.80. The van der Waals surface area contributed by atoms with E-state index in [2.05, 4.69) is 20.9 Å². The summed E-state index contributed by atoms with van der Waals surface area (Å²) in [5.41, 5.74) is 7.31. The molecule has 18 heavy (non-hydrogen) atoms. The highest BCUT2D eigenvalue weighted by molar-refractivity contribution is 9.10. The van der Waals surface area contributed by atoms with Crippen LogP contribution in [0.3, 0.4) is 0 Å². The number of aromatic nitrogens is 1. The number of nitrogens with two attached hydrogens (primary N) is 1. The van der Waals surface area contributed by atoms with E-state index < -0.39 is 17.8 Å². The average Bonchev–Trinajstić information content (AvgIpc) is 2.67. The predicted octanol–water partition coefficient (Wildman–Crippen LogP) is 1.23. The number of hydrogen-bond donors (Lipinski definition) is 3. The summed E-state index contributed by atoms with van der Waals surface area (Å²) >= 11 is 3.32. The van der Waals surface area contributed by atoms with E-state index in [-0.39, 0.29) is 0 Å². The van der Waals surface area contributed by atoms with Crippen LogP contribution in [0.15, 0.2) is 25.8 Å². The van der Waals surface area contributed by atoms with Gasteiger partial charge in [0, 0.05) is 4.47 Å². The van der Waals surface area contributed by atoms with Crippen LogP contribution in [-0.4, -0.2) is 22.1 Å². The van der Waals surface area contributed by atoms with Gasteiger partial charge in [-0.3, -0.25) is 9.78 Å². The zero-order valence-corrected chi connectivity index (χ0v) is 10.9. The first-order chi connectivity index (χ1) is 8.47. The molecule has 1 heterocycles. The SMILES string of the molecule is N[C@H](CCc1cc(Br)c2[nH]c(=O)oc2c1)C(=O)O. The highest BCUT2D eigenvalue weighted by Crippen LogP contribution is 2.24. The molecule has 1 atom stereocenters. The molecule has 4 N–H and O–H groups in total. The molecule has 0 radical (unpaired) electrons. The summed E-state index contributed by atoms with van der Waals surface area (Å²) in [6, 6.07) is 2.62. The normalized spacial score (nSPS) is 12.8. The third-order valence-electron chi connectivity index (χ3n) is 2.60. The van der Waals surface area contributed by atoms with E-state index in [1.165, 1.54) is 0 Å². The number of aromatic amines is 1. The summed E-state index contributed by atoms with van der Waals surface area (Å²) in [6.07, 6.45) is 0.818. The molecule has 2 aromatic rings. The van der Waals surface area contributed by atoms with E-state index in [0.29, 0.717) is 28.4 Å². The van der Waals surface area contributed by atoms with Crippen molar-refractivity contribution in [3.63, 3.8) is 0 Å². The molecular formula is C11H11BrN2O4. The minimum atomic E-state index is -1.02. The van der Waals surface area contributed by atoms with Gasteiger partial charge in [-0.15, -0.1) is 0 Å². The molecule has 0 aliphatic rings. The Hall–Kier alpha value is -1.60. The van der Waals surface area contributed by atoms with Gasteiger partial charge >= 0.3 is 11.7 Å². The Morgan fingerprint density at radius 3 is 2.94 bits per heavy atom. The van der Waals surface area contributed by atoms with Crippen molar-refractivity contribution >= 4 is 33.0 Å². The van der Waals surface area contributed by atoms with Crippen LogP contribution in [0.5, 0.6) is 0 Å². The quantitative estimate of drug-likeness (QED) is 0.786. The fourth-order valence-electron chi connectivity index (χ4n) is 1.65. The molecule has 7 heteroatoms. The number of aliphatic carboxylic acids is 1. The minimum Gasteiger partial charge on any atom is -0.480 e. The lowest BCUT2D eigenvalue weighted by atomic mass is 10.1. The van der Waals surface area contributed by atoms with Crippen LogP contribution in [0.1, 0.15) is 12.0 Å². The van der Waals surface area contributed by atoms with Gasteiger partial charge in [-0.05, 0) is 46.5 Å². The van der Waals surface area contributed by atoms with Crippen molar-refractivity contribution < 1.29 is 14.3 Å². The summed E-state index contributed by atoms with van der Waals surface area (Å²) in [5, 5.41) is 8.69. The van der Waals surface area contributed by atoms with Crippen molar-refractivity contribution in [1.82, 2.24) is 4.98 Å². The topological polar surface area (TPSA) is 109 Å². The van der Waals surface area contributed by atoms with Crippen molar-refractivity contribution in [3.8, 4) is 0 Å². The van der Waals surface area contributed by atoms with E-state index in [4.69, 9.17) is 15.3 Å². The third kappa shape index (κ3) is 2.62. The van der Waals surface area contributed by atoms with Gasteiger partial charge in [0.05, 0.1) is 0 Å². The van der Waals surface area contributed by atoms with Crippen LogP contribution in [0.4, 0.5) is 0 Å². The summed E-state index contributed by atoms with van der Waals surface area (Å²) in [4.78, 5) is 24.2. The Morgan fingerprint density at radius 1 is 1.56 bits per heavy atom. The lowest BCUT2D eigenvalue weighted by molar-refractivity contribution is -0.138. The van der Waals surface area contributed by atoms with E-state index in [1.807, 2.05) is 6.07 Å². The zero-order valence-electron chi connectivity index (χ0n) is 9.27. The maximum Gasteiger partial charge on any atom is 0.417 e. The standard InChI is InChI=1S/C11H11BrN2O4/c12-6-3-5(1-2-7(13)10(15)16)4-8-9(6)14-11(17)18-8/h3-4,7H,1-2,13H2,(H,14,17)(H,15,16)/t7-/m1/s1. The van der Waals surface area contributed by atoms with Crippen molar-refractivity contribution in [2.24, 2.45) is 5.73 Å². The number of aryl methyl sites for hydroxylation is 1. The lowest BCUT2D eigenvalue weighted by Gasteiger charge is -2.06. The van der Waals surface area contributed by atoms with Gasteiger partial charge in [-0.2, -0.15) is 0 Å². The fourth-order valence-corrected chi connectivity index (χ4v) is 2.24. The molecule has 0 saturated carbocycles. The Balaban J connectivity index is 2.24. The van der Waals surface area contributed by atoms with Crippen LogP contribution in [0, 0.1) is 0 Å². The predicted molar refractivity (Wildman–Crippen MR) is 68.5 cm³/mol. The highest BCUT2D eigenvalue weighted by atomic mass is 79.9. The van der Waals surface area contributed by atoms with Crippen molar-refractivity contribution in [1.29, 1.82) is 0 Å². The molecule has 0 saturated heterocycles. The van der Waals surface area contributed by atoms with Crippen molar-refractivity contribution in [2.45, 2.75) is 18.9 Å². The molecule has 2 rings (SSSR count). The van der Waals surface area contributed by atoms with Crippen molar-refractivity contribution in [3.05, 3.63) is 32.7 Å². The number of nitrogens with one attached hydrogen (secondary N) is 1. The van der Waals surface area contributed by atoms with Crippen LogP contribution in [0.2, 0.25) is 0 Å². The number of rotatable bonds is 4. The molecule has 96 valence electrons. The molecule has 0 aliphatic heterocycles. The largest absolute Gasteiger partial charge is 0.480 e. The number of benzene rings is 1. The molecule has 0 spiro atoms. The molecule has 0 aliphatic carbocycles. The first kappa shape index (κ1) is 12.8. The van der Waals surface area contributed by atoms with Gasteiger partial charge < -0.3 is 15.3 Å². The number of carboxylic acid groups (broad SMARTS) is 1. The number of carbonyl (C=O) groups is 1. The molecule has 6 nitrogen and oxygen atoms in total. The maximum atomic E-state index is 11.1. The Bertz CT molecular complexity index is 646. The van der Waals surface area contributed by atoms with Crippen LogP contribution >= 0.6 is 15.9 Å². The van der Waals surface area contributed by atoms with E-state index in [0.717, 1.165) is 5.56 Å². The number of H-pyrrole nitrogens is 1. The van der Waals surface area contributed by atoms with E-state index >= 15 is 0 Å². The molecule has 0 amide bonds. The monoisotopic (exact) mass is 314 g/mol. The number of carboxylic acids is 1. The van der Waals surface area contributed by atoms with Crippen LogP contribution < -0.4 is 11.5 Å². The first-order valence-corrected chi connectivity index (χ1v) is 6.06. The molecule has 0 fully saturated rings. The molecule has 1 aromatic heterocycles. The van der Waals surface area contributed by atoms with Crippen LogP contribution in [-0.2, 0) is 11.2 Å². The third-order valence-corrected chi connectivity index (χ3v) is 3.23. The van der Waals surface area contributed by atoms with Gasteiger partial charge in [0.1, 0.15) is 11.6 Å². The van der Waals surface area contributed by atoms with Gasteiger partial charge in [-0.25, -0.2) is 4.79 Å². The van der Waals surface area contributed by atoms with Gasteiger partial charge in [0.15, 0.2) is 5.58 Å². The molecular weight excluding hydrogens is 304 g/mol. The van der Waals surface area contributed by atoms with Crippen LogP contribution in [0.25, 0.3) is 11.1 Å². The molecule has 1 aromatic carbocycles. The second kappa shape index (κ2) is 4.95. The summed E-state index contributed by atoms with van der Waals surface area (Å²) in [6.45, 7) is 0. The Labute approximate surface area is 110 Å². The molecule has 0 unspecified atom stereocenters. The van der Waals surface area contributed by atoms with Crippen molar-refractivity contribution in [2.75, 3.05) is 0 Å². The van der Waals surface area contributed by atoms with E-state index in [9.17, 15) is 9.59 Å². The smallest absolute Gasteiger partial charge is 0.417 e. The maximum absolute atomic E-state index is 11.1. The Kier molecular flexibility index (Phi) is 3.53. The summed E-state index contributed by atoms with van der Waals surface area (Å²) in [5.74, 6) is -1.55. The number of hydrogen-bond acceptors (Lipinski definition) is 4. The van der Waals surface area contributed by atoms with E-state index in [1.54, 1.807) is 6.07 Å². The molecule has 0 bridgehead atoms. The first-order valence-electron chi connectivity index (χ1n) is 5.27. The second-order valence-electron chi connectivity index (χ2n) is 3.95. The highest BCUT2D eigenvalue weighted by Gasteiger charge is 2.13. The summed E-state index contributed by atoms with van der Waals surface area (Å²) < 4.78 is 5.65. The Morgan fingerprint density at radius 2 is 2.28 bits per heavy atom. The number of halogens is 1. The lowest BCUT2D eigenvalue weighted by Crippen LogP contribution is -2.30. The minimum absolute atomic E-state index is 0.321. The van der Waals surface area contributed by atoms with Gasteiger partial charge in [0.2, 0.25) is 0 Å². The van der Waals surface area contributed by atoms with Gasteiger partial charge in [0.25, 0.3) is 0 Å². The summed E-state index contributed by atoms with van der Waals surface area (Å²) in [7, 11) is 0. The number of fused-ring (bicyclic) bond motifs is 1. The fraction of sp³-hybridized carbons (Fsp3) is 0.273. The van der Waals surface area contributed by atoms with Gasteiger partial charge in [-0.1, -0.05) is 0 Å². The average molecular weight is 315 g/mol. The zero-order chi connectivity index (χ0) is 13.3.